The van der Waals surface area contributed by atoms with Crippen molar-refractivity contribution in [2.24, 2.45) is 0 Å². The fourth-order valence-corrected chi connectivity index (χ4v) is 1.68. The Morgan fingerprint density at radius 2 is 2.23 bits per heavy atom. The van der Waals surface area contributed by atoms with Gasteiger partial charge >= 0.3 is 5.97 Å². The van der Waals surface area contributed by atoms with Gasteiger partial charge in [-0.2, -0.15) is 0 Å². The first-order valence-corrected chi connectivity index (χ1v) is 4.44. The number of hydrogen-bond donors (Lipinski definition) is 2. The van der Waals surface area contributed by atoms with Gasteiger partial charge in [-0.3, -0.25) is 14.5 Å². The number of hydrogen-bond acceptors (Lipinski definition) is 3. The minimum Gasteiger partial charge on any atom is -0.480 e. The molecule has 0 aromatic heterocycles. The maximum absolute atomic E-state index is 11.0. The molecular formula is C8H12N2O3. The number of carboxylic acid groups (broad SMARTS) is 1. The first kappa shape index (κ1) is 8.50. The van der Waals surface area contributed by atoms with Gasteiger partial charge in [0.1, 0.15) is 6.04 Å². The smallest absolute Gasteiger partial charge is 0.322 e. The minimum absolute atomic E-state index is 0.0654. The summed E-state index contributed by atoms with van der Waals surface area (Å²) in [6.07, 6.45) is 2.05. The van der Waals surface area contributed by atoms with Crippen LogP contribution in [0, 0.1) is 0 Å². The standard InChI is InChI=1S/C8H12N2O3/c11-7-4-10(5-1-2-5)6(3-9-7)8(12)13/h5-6H,1-4H2,(H,9,11)(H,12,13). The second-order valence-electron chi connectivity index (χ2n) is 3.56. The normalized spacial score (nSPS) is 29.8. The molecule has 0 bridgehead atoms. The number of rotatable bonds is 2. The van der Waals surface area contributed by atoms with E-state index < -0.39 is 12.0 Å². The van der Waals surface area contributed by atoms with Crippen molar-refractivity contribution in [2.45, 2.75) is 24.9 Å². The van der Waals surface area contributed by atoms with E-state index in [1.807, 2.05) is 0 Å². The van der Waals surface area contributed by atoms with E-state index in [4.69, 9.17) is 5.11 Å². The van der Waals surface area contributed by atoms with Gasteiger partial charge < -0.3 is 10.4 Å². The van der Waals surface area contributed by atoms with Crippen LogP contribution in [-0.4, -0.2) is 47.1 Å². The van der Waals surface area contributed by atoms with Crippen LogP contribution in [0.15, 0.2) is 0 Å². The minimum atomic E-state index is -0.841. The van der Waals surface area contributed by atoms with Gasteiger partial charge in [-0.25, -0.2) is 0 Å². The third-order valence-corrected chi connectivity index (χ3v) is 2.52. The summed E-state index contributed by atoms with van der Waals surface area (Å²) in [6.45, 7) is 0.478. The van der Waals surface area contributed by atoms with Crippen LogP contribution in [0.3, 0.4) is 0 Å². The highest BCUT2D eigenvalue weighted by Crippen LogP contribution is 2.29. The molecule has 2 N–H and O–H groups in total. The highest BCUT2D eigenvalue weighted by Gasteiger charge is 2.40. The zero-order chi connectivity index (χ0) is 9.42. The number of piperazine rings is 1. The molecule has 13 heavy (non-hydrogen) atoms. The summed E-state index contributed by atoms with van der Waals surface area (Å²) in [5, 5.41) is 11.4. The Morgan fingerprint density at radius 1 is 1.54 bits per heavy atom. The summed E-state index contributed by atoms with van der Waals surface area (Å²) in [5.74, 6) is -0.906. The van der Waals surface area contributed by atoms with Crippen LogP contribution in [0.25, 0.3) is 0 Å². The Hall–Kier alpha value is -1.10. The van der Waals surface area contributed by atoms with Crippen LogP contribution in [0.1, 0.15) is 12.8 Å². The highest BCUT2D eigenvalue weighted by atomic mass is 16.4. The largest absolute Gasteiger partial charge is 0.480 e. The Balaban J connectivity index is 2.07. The van der Waals surface area contributed by atoms with Crippen LogP contribution in [0.5, 0.6) is 0 Å². The van der Waals surface area contributed by atoms with Crippen molar-refractivity contribution in [3.8, 4) is 0 Å². The molecule has 5 nitrogen and oxygen atoms in total. The van der Waals surface area contributed by atoms with Gasteiger partial charge in [-0.1, -0.05) is 0 Å². The van der Waals surface area contributed by atoms with Crippen LogP contribution in [0.4, 0.5) is 0 Å². The second-order valence-corrected chi connectivity index (χ2v) is 3.56. The molecule has 1 saturated heterocycles. The summed E-state index contributed by atoms with van der Waals surface area (Å²) < 4.78 is 0. The van der Waals surface area contributed by atoms with Crippen molar-refractivity contribution in [3.05, 3.63) is 0 Å². The van der Waals surface area contributed by atoms with Crippen LogP contribution >= 0.6 is 0 Å². The molecule has 1 saturated carbocycles. The number of carbonyl (C=O) groups excluding carboxylic acids is 1. The molecule has 2 fully saturated rings. The second kappa shape index (κ2) is 2.99. The van der Waals surface area contributed by atoms with Gasteiger partial charge in [-0.15, -0.1) is 0 Å². The third kappa shape index (κ3) is 1.65. The monoisotopic (exact) mass is 184 g/mol. The van der Waals surface area contributed by atoms with Crippen LogP contribution in [-0.2, 0) is 9.59 Å². The topological polar surface area (TPSA) is 69.6 Å². The lowest BCUT2D eigenvalue weighted by Gasteiger charge is -2.32. The molecule has 5 heteroatoms. The maximum Gasteiger partial charge on any atom is 0.322 e. The summed E-state index contributed by atoms with van der Waals surface area (Å²) in [5.41, 5.74) is 0. The molecule has 0 radical (unpaired) electrons. The summed E-state index contributed by atoms with van der Waals surface area (Å²) >= 11 is 0. The number of aliphatic carboxylic acids is 1. The molecular weight excluding hydrogens is 172 g/mol. The Bertz CT molecular complexity index is 250. The molecule has 2 aliphatic rings. The first-order valence-electron chi connectivity index (χ1n) is 4.44. The van der Waals surface area contributed by atoms with Gasteiger partial charge in [-0.05, 0) is 12.8 Å². The maximum atomic E-state index is 11.0. The fraction of sp³-hybridized carbons (Fsp3) is 0.750. The molecule has 1 amide bonds. The lowest BCUT2D eigenvalue weighted by Crippen LogP contribution is -2.58. The van der Waals surface area contributed by atoms with E-state index in [9.17, 15) is 9.59 Å². The molecule has 0 spiro atoms. The number of carbonyl (C=O) groups is 2. The fourth-order valence-electron chi connectivity index (χ4n) is 1.68. The van der Waals surface area contributed by atoms with E-state index in [-0.39, 0.29) is 19.0 Å². The molecule has 1 aliphatic heterocycles. The van der Waals surface area contributed by atoms with E-state index in [0.717, 1.165) is 12.8 Å². The average Bonchev–Trinajstić information content (AvgIpc) is 2.85. The Morgan fingerprint density at radius 3 is 2.77 bits per heavy atom. The summed E-state index contributed by atoms with van der Waals surface area (Å²) in [6, 6.07) is -0.197. The molecule has 0 aromatic carbocycles. The molecule has 72 valence electrons. The number of amides is 1. The number of carboxylic acids is 1. The van der Waals surface area contributed by atoms with Gasteiger partial charge in [0.2, 0.25) is 5.91 Å². The van der Waals surface area contributed by atoms with Crippen molar-refractivity contribution in [1.29, 1.82) is 0 Å². The van der Waals surface area contributed by atoms with E-state index in [2.05, 4.69) is 5.32 Å². The lowest BCUT2D eigenvalue weighted by molar-refractivity contribution is -0.146. The summed E-state index contributed by atoms with van der Waals surface area (Å²) in [4.78, 5) is 23.6. The van der Waals surface area contributed by atoms with Gasteiger partial charge in [0.25, 0.3) is 0 Å². The summed E-state index contributed by atoms with van der Waals surface area (Å²) in [7, 11) is 0. The van der Waals surface area contributed by atoms with Crippen molar-refractivity contribution >= 4 is 11.9 Å². The van der Waals surface area contributed by atoms with Gasteiger partial charge in [0.15, 0.2) is 0 Å². The predicted octanol–water partition coefficient (Wildman–Crippen LogP) is -0.966. The van der Waals surface area contributed by atoms with Gasteiger partial charge in [0, 0.05) is 12.6 Å². The molecule has 1 heterocycles. The zero-order valence-corrected chi connectivity index (χ0v) is 7.19. The Kier molecular flexibility index (Phi) is 1.95. The average molecular weight is 184 g/mol. The van der Waals surface area contributed by atoms with Crippen molar-refractivity contribution in [1.82, 2.24) is 10.2 Å². The molecule has 1 unspecified atom stereocenters. The molecule has 1 aliphatic carbocycles. The van der Waals surface area contributed by atoms with Crippen LogP contribution < -0.4 is 5.32 Å². The number of nitrogens with one attached hydrogen (secondary N) is 1. The molecule has 2 rings (SSSR count). The predicted molar refractivity (Wildman–Crippen MR) is 44.2 cm³/mol. The zero-order valence-electron chi connectivity index (χ0n) is 7.19. The van der Waals surface area contributed by atoms with E-state index in [1.165, 1.54) is 0 Å². The van der Waals surface area contributed by atoms with E-state index >= 15 is 0 Å². The van der Waals surface area contributed by atoms with E-state index in [1.54, 1.807) is 4.90 Å². The van der Waals surface area contributed by atoms with Crippen molar-refractivity contribution in [2.75, 3.05) is 13.1 Å². The number of nitrogens with zero attached hydrogens (tertiary/aromatic N) is 1. The highest BCUT2D eigenvalue weighted by molar-refractivity contribution is 5.83. The van der Waals surface area contributed by atoms with Crippen LogP contribution in [0.2, 0.25) is 0 Å². The Labute approximate surface area is 75.7 Å². The lowest BCUT2D eigenvalue weighted by atomic mass is 10.2. The third-order valence-electron chi connectivity index (χ3n) is 2.52. The van der Waals surface area contributed by atoms with E-state index in [0.29, 0.717) is 6.04 Å². The molecule has 1 atom stereocenters. The van der Waals surface area contributed by atoms with Gasteiger partial charge in [0.05, 0.1) is 6.54 Å². The molecule has 0 aromatic rings. The van der Waals surface area contributed by atoms with Crippen molar-refractivity contribution in [3.63, 3.8) is 0 Å². The first-order chi connectivity index (χ1) is 6.18. The van der Waals surface area contributed by atoms with Crippen molar-refractivity contribution < 1.29 is 14.7 Å². The quantitative estimate of drug-likeness (QED) is 0.579. The SMILES string of the molecule is O=C1CN(C2CC2)C(C(=O)O)CN1.